The van der Waals surface area contributed by atoms with Crippen LogP contribution in [-0.4, -0.2) is 52.4 Å². The van der Waals surface area contributed by atoms with Crippen molar-refractivity contribution in [1.29, 1.82) is 0 Å². The molecule has 3 N–H and O–H groups in total. The van der Waals surface area contributed by atoms with Gasteiger partial charge in [0.1, 0.15) is 5.69 Å². The Bertz CT molecular complexity index is 393. The predicted octanol–water partition coefficient (Wildman–Crippen LogP) is 0.426. The average Bonchev–Trinajstić information content (AvgIpc) is 2.73. The molecule has 17 heavy (non-hydrogen) atoms. The van der Waals surface area contributed by atoms with Crippen molar-refractivity contribution in [2.24, 2.45) is 0 Å². The number of rotatable bonds is 7. The van der Waals surface area contributed by atoms with Crippen LogP contribution in [-0.2, 0) is 9.53 Å². The SMILES string of the molecule is COCCSCC(=O)Nc1cc(C(=O)O)[nH]n1. The van der Waals surface area contributed by atoms with Crippen molar-refractivity contribution in [2.75, 3.05) is 30.5 Å². The number of carboxylic acid groups (broad SMARTS) is 1. The molecule has 1 aromatic rings. The summed E-state index contributed by atoms with van der Waals surface area (Å²) in [7, 11) is 1.60. The lowest BCUT2D eigenvalue weighted by Gasteiger charge is -2.01. The molecule has 0 fully saturated rings. The number of carbonyl (C=O) groups excluding carboxylic acids is 1. The van der Waals surface area contributed by atoms with Crippen LogP contribution in [0.4, 0.5) is 5.82 Å². The number of H-pyrrole nitrogens is 1. The van der Waals surface area contributed by atoms with Crippen LogP contribution in [0.2, 0.25) is 0 Å². The highest BCUT2D eigenvalue weighted by atomic mass is 32.2. The minimum absolute atomic E-state index is 0.0627. The van der Waals surface area contributed by atoms with E-state index < -0.39 is 5.97 Å². The average molecular weight is 259 g/mol. The molecule has 0 saturated carbocycles. The first kappa shape index (κ1) is 13.5. The molecular weight excluding hydrogens is 246 g/mol. The quantitative estimate of drug-likeness (QED) is 0.613. The fourth-order valence-corrected chi connectivity index (χ4v) is 1.67. The smallest absolute Gasteiger partial charge is 0.353 e. The lowest BCUT2D eigenvalue weighted by molar-refractivity contribution is -0.113. The first-order valence-electron chi connectivity index (χ1n) is 4.78. The van der Waals surface area contributed by atoms with Crippen molar-refractivity contribution in [3.05, 3.63) is 11.8 Å². The summed E-state index contributed by atoms with van der Waals surface area (Å²) in [5, 5.41) is 17.1. The predicted molar refractivity (Wildman–Crippen MR) is 63.4 cm³/mol. The van der Waals surface area contributed by atoms with Gasteiger partial charge in [-0.3, -0.25) is 9.89 Å². The molecule has 0 atom stereocenters. The first-order chi connectivity index (χ1) is 8.13. The number of hydrogen-bond donors (Lipinski definition) is 3. The highest BCUT2D eigenvalue weighted by molar-refractivity contribution is 7.99. The van der Waals surface area contributed by atoms with E-state index in [2.05, 4.69) is 15.5 Å². The third kappa shape index (κ3) is 4.87. The van der Waals surface area contributed by atoms with E-state index in [1.165, 1.54) is 17.8 Å². The minimum atomic E-state index is -1.12. The summed E-state index contributed by atoms with van der Waals surface area (Å²) in [5.74, 6) is -0.134. The summed E-state index contributed by atoms with van der Waals surface area (Å²) in [4.78, 5) is 21.9. The number of ether oxygens (including phenoxy) is 1. The van der Waals surface area contributed by atoms with Gasteiger partial charge >= 0.3 is 5.97 Å². The maximum atomic E-state index is 11.4. The Morgan fingerprint density at radius 1 is 1.65 bits per heavy atom. The summed E-state index contributed by atoms with van der Waals surface area (Å²) in [6, 6.07) is 1.26. The number of carboxylic acids is 1. The fraction of sp³-hybridized carbons (Fsp3) is 0.444. The number of nitrogens with zero attached hydrogens (tertiary/aromatic N) is 1. The van der Waals surface area contributed by atoms with Crippen molar-refractivity contribution in [3.8, 4) is 0 Å². The number of thioether (sulfide) groups is 1. The molecule has 1 heterocycles. The summed E-state index contributed by atoms with van der Waals surface area (Å²) < 4.78 is 4.84. The number of aromatic amines is 1. The summed E-state index contributed by atoms with van der Waals surface area (Å²) in [5.41, 5.74) is -0.0627. The Morgan fingerprint density at radius 2 is 2.41 bits per heavy atom. The van der Waals surface area contributed by atoms with Gasteiger partial charge in [0.15, 0.2) is 5.82 Å². The molecule has 0 spiro atoms. The number of nitrogens with one attached hydrogen (secondary N) is 2. The second-order valence-corrected chi connectivity index (χ2v) is 4.17. The van der Waals surface area contributed by atoms with Crippen LogP contribution in [0.3, 0.4) is 0 Å². The zero-order valence-corrected chi connectivity index (χ0v) is 10.0. The molecule has 94 valence electrons. The number of carbonyl (C=O) groups is 2. The molecular formula is C9H13N3O4S. The van der Waals surface area contributed by atoms with Crippen LogP contribution >= 0.6 is 11.8 Å². The van der Waals surface area contributed by atoms with Gasteiger partial charge in [-0.25, -0.2) is 4.79 Å². The van der Waals surface area contributed by atoms with Crippen molar-refractivity contribution < 1.29 is 19.4 Å². The van der Waals surface area contributed by atoms with E-state index in [0.717, 1.165) is 5.75 Å². The van der Waals surface area contributed by atoms with Crippen LogP contribution in [0.1, 0.15) is 10.5 Å². The van der Waals surface area contributed by atoms with Gasteiger partial charge in [-0.05, 0) is 0 Å². The summed E-state index contributed by atoms with van der Waals surface area (Å²) in [6.45, 7) is 0.587. The normalized spacial score (nSPS) is 10.2. The van der Waals surface area contributed by atoms with Gasteiger partial charge < -0.3 is 15.2 Å². The van der Waals surface area contributed by atoms with Gasteiger partial charge in [-0.2, -0.15) is 5.10 Å². The van der Waals surface area contributed by atoms with Gasteiger partial charge in [0, 0.05) is 18.9 Å². The molecule has 1 aromatic heterocycles. The molecule has 0 aliphatic rings. The maximum Gasteiger partial charge on any atom is 0.353 e. The number of amides is 1. The summed E-state index contributed by atoms with van der Waals surface area (Å²) >= 11 is 1.43. The molecule has 0 saturated heterocycles. The van der Waals surface area contributed by atoms with Gasteiger partial charge in [0.05, 0.1) is 12.4 Å². The number of aromatic nitrogens is 2. The Balaban J connectivity index is 2.32. The van der Waals surface area contributed by atoms with Gasteiger partial charge in [-0.15, -0.1) is 11.8 Å². The lowest BCUT2D eigenvalue weighted by Crippen LogP contribution is -2.15. The van der Waals surface area contributed by atoms with Gasteiger partial charge in [-0.1, -0.05) is 0 Å². The zero-order valence-electron chi connectivity index (χ0n) is 9.23. The van der Waals surface area contributed by atoms with Crippen molar-refractivity contribution >= 4 is 29.5 Å². The molecule has 0 radical (unpaired) electrons. The summed E-state index contributed by atoms with van der Waals surface area (Å²) in [6.07, 6.45) is 0. The van der Waals surface area contributed by atoms with E-state index in [-0.39, 0.29) is 23.2 Å². The highest BCUT2D eigenvalue weighted by Gasteiger charge is 2.09. The molecule has 1 amide bonds. The molecule has 1 rings (SSSR count). The standard InChI is InChI=1S/C9H13N3O4S/c1-16-2-3-17-5-8(13)10-7-4-6(9(14)15)11-12-7/h4H,2-3,5H2,1H3,(H,14,15)(H2,10,11,12,13). The van der Waals surface area contributed by atoms with Crippen LogP contribution in [0.15, 0.2) is 6.07 Å². The maximum absolute atomic E-state index is 11.4. The van der Waals surface area contributed by atoms with E-state index in [4.69, 9.17) is 9.84 Å². The van der Waals surface area contributed by atoms with E-state index in [1.54, 1.807) is 7.11 Å². The third-order valence-corrected chi connectivity index (χ3v) is 2.66. The molecule has 0 aliphatic carbocycles. The highest BCUT2D eigenvalue weighted by Crippen LogP contribution is 2.06. The molecule has 0 bridgehead atoms. The molecule has 0 unspecified atom stereocenters. The zero-order chi connectivity index (χ0) is 12.7. The molecule has 0 aromatic carbocycles. The Morgan fingerprint density at radius 3 is 3.00 bits per heavy atom. The lowest BCUT2D eigenvalue weighted by atomic mass is 10.4. The number of aromatic carboxylic acids is 1. The number of methoxy groups -OCH3 is 1. The first-order valence-corrected chi connectivity index (χ1v) is 5.94. The Labute approximate surface area is 102 Å². The van der Waals surface area contributed by atoms with Crippen molar-refractivity contribution in [2.45, 2.75) is 0 Å². The number of anilines is 1. The molecule has 0 aliphatic heterocycles. The second-order valence-electron chi connectivity index (χ2n) is 3.07. The topological polar surface area (TPSA) is 104 Å². The second kappa shape index (κ2) is 6.92. The van der Waals surface area contributed by atoms with Crippen LogP contribution in [0, 0.1) is 0 Å². The Hall–Kier alpha value is -1.54. The van der Waals surface area contributed by atoms with E-state index >= 15 is 0 Å². The van der Waals surface area contributed by atoms with Gasteiger partial charge in [0.25, 0.3) is 0 Å². The largest absolute Gasteiger partial charge is 0.477 e. The minimum Gasteiger partial charge on any atom is -0.477 e. The van der Waals surface area contributed by atoms with E-state index in [9.17, 15) is 9.59 Å². The van der Waals surface area contributed by atoms with Crippen molar-refractivity contribution in [3.63, 3.8) is 0 Å². The van der Waals surface area contributed by atoms with E-state index in [0.29, 0.717) is 6.61 Å². The molecule has 7 nitrogen and oxygen atoms in total. The van der Waals surface area contributed by atoms with Crippen molar-refractivity contribution in [1.82, 2.24) is 10.2 Å². The van der Waals surface area contributed by atoms with Crippen LogP contribution in [0.5, 0.6) is 0 Å². The van der Waals surface area contributed by atoms with Gasteiger partial charge in [0.2, 0.25) is 5.91 Å². The third-order valence-electron chi connectivity index (χ3n) is 1.74. The Kier molecular flexibility index (Phi) is 5.50. The van der Waals surface area contributed by atoms with E-state index in [1.807, 2.05) is 0 Å². The fourth-order valence-electron chi connectivity index (χ4n) is 0.981. The molecule has 8 heteroatoms. The number of hydrogen-bond acceptors (Lipinski definition) is 5. The van der Waals surface area contributed by atoms with Crippen LogP contribution in [0.25, 0.3) is 0 Å². The monoisotopic (exact) mass is 259 g/mol. The van der Waals surface area contributed by atoms with Crippen LogP contribution < -0.4 is 5.32 Å².